The van der Waals surface area contributed by atoms with Crippen molar-refractivity contribution in [2.45, 2.75) is 233 Å². The minimum atomic E-state index is -0.122. The third kappa shape index (κ3) is 19.0. The van der Waals surface area contributed by atoms with E-state index in [1.54, 1.807) is 0 Å². The van der Waals surface area contributed by atoms with Crippen LogP contribution in [0.5, 0.6) is 23.0 Å². The third-order valence-corrected chi connectivity index (χ3v) is 16.5. The Morgan fingerprint density at radius 3 is 0.800 bits per heavy atom. The van der Waals surface area contributed by atoms with Gasteiger partial charge in [0, 0.05) is 22.3 Å². The normalized spacial score (nSPS) is 12.1. The number of rotatable bonds is 42. The third-order valence-electron chi connectivity index (χ3n) is 16.5. The highest BCUT2D eigenvalue weighted by atomic mass is 16.5. The van der Waals surface area contributed by atoms with Gasteiger partial charge in [0.1, 0.15) is 0 Å². The molecule has 0 saturated heterocycles. The molecule has 0 N–H and O–H groups in total. The van der Waals surface area contributed by atoms with Gasteiger partial charge in [0.05, 0.1) is 26.4 Å². The van der Waals surface area contributed by atoms with E-state index in [1.807, 2.05) is 48.5 Å². The molecule has 0 aliphatic heterocycles. The molecule has 6 nitrogen and oxygen atoms in total. The maximum absolute atomic E-state index is 14.5. The Labute approximate surface area is 483 Å². The molecule has 0 heterocycles. The van der Waals surface area contributed by atoms with Crippen LogP contribution in [0.25, 0.3) is 43.8 Å². The Hall–Kier alpha value is -5.62. The van der Waals surface area contributed by atoms with Crippen molar-refractivity contribution in [1.29, 1.82) is 0 Å². The molecule has 6 aromatic carbocycles. The molecule has 0 atom stereocenters. The molecule has 0 unspecified atom stereocenters. The monoisotopic (exact) mass is 1080 g/mol. The second-order valence-electron chi connectivity index (χ2n) is 23.2. The van der Waals surface area contributed by atoms with E-state index >= 15 is 0 Å². The molecule has 80 heavy (non-hydrogen) atoms. The molecule has 0 spiro atoms. The van der Waals surface area contributed by atoms with Gasteiger partial charge in [0.25, 0.3) is 0 Å². The smallest absolute Gasteiger partial charge is 0.194 e. The molecule has 6 aromatic rings. The predicted molar refractivity (Wildman–Crippen MR) is 338 cm³/mol. The second-order valence-corrected chi connectivity index (χ2v) is 23.2. The van der Waals surface area contributed by atoms with Crippen molar-refractivity contribution >= 4 is 33.1 Å². The van der Waals surface area contributed by atoms with E-state index < -0.39 is 0 Å². The van der Waals surface area contributed by atoms with E-state index in [0.717, 1.165) is 118 Å². The number of carbonyl (C=O) groups is 2. The van der Waals surface area contributed by atoms with Crippen molar-refractivity contribution in [3.8, 4) is 45.3 Å². The van der Waals surface area contributed by atoms with Crippen molar-refractivity contribution in [3.63, 3.8) is 0 Å². The summed E-state index contributed by atoms with van der Waals surface area (Å²) in [5.74, 6) is 2.82. The number of unbranched alkanes of at least 4 members (excludes halogenated alkanes) is 28. The summed E-state index contributed by atoms with van der Waals surface area (Å²) in [6.45, 7) is 11.6. The SMILES string of the molecule is CCCCCCCCCCOc1ccc(-c2cc3cc4c(cc3cc2-c2ccc(OCCCCCCCCCC)c(OCCCCCCCCCC)c2)C(=O)c2cc3ccccc3cc2C4=O)cc1OCCCCCCCCCC. The van der Waals surface area contributed by atoms with Crippen molar-refractivity contribution in [2.24, 2.45) is 0 Å². The zero-order valence-corrected chi connectivity index (χ0v) is 50.1. The summed E-state index contributed by atoms with van der Waals surface area (Å²) in [4.78, 5) is 29.0. The molecule has 0 bridgehead atoms. The molecule has 0 aromatic heterocycles. The first kappa shape index (κ1) is 62.0. The fourth-order valence-corrected chi connectivity index (χ4v) is 11.6. The summed E-state index contributed by atoms with van der Waals surface area (Å²) in [5, 5.41) is 3.67. The van der Waals surface area contributed by atoms with E-state index in [1.165, 1.54) is 154 Å². The van der Waals surface area contributed by atoms with Crippen molar-refractivity contribution in [2.75, 3.05) is 26.4 Å². The number of carbonyl (C=O) groups excluding carboxylic acids is 2. The molecule has 0 radical (unpaired) electrons. The summed E-state index contributed by atoms with van der Waals surface area (Å²) < 4.78 is 26.7. The van der Waals surface area contributed by atoms with Gasteiger partial charge in [-0.15, -0.1) is 0 Å². The van der Waals surface area contributed by atoms with Gasteiger partial charge in [-0.2, -0.15) is 0 Å². The molecular formula is C74H100O6. The van der Waals surface area contributed by atoms with Gasteiger partial charge in [-0.1, -0.05) is 244 Å². The first-order valence-electron chi connectivity index (χ1n) is 32.5. The molecule has 6 heteroatoms. The summed E-state index contributed by atoms with van der Waals surface area (Å²) >= 11 is 0. The van der Waals surface area contributed by atoms with Crippen LogP contribution in [0.1, 0.15) is 265 Å². The van der Waals surface area contributed by atoms with Crippen molar-refractivity contribution < 1.29 is 28.5 Å². The average molecular weight is 1090 g/mol. The summed E-state index contributed by atoms with van der Waals surface area (Å²) in [7, 11) is 0. The van der Waals surface area contributed by atoms with Gasteiger partial charge in [-0.3, -0.25) is 9.59 Å². The minimum Gasteiger partial charge on any atom is -0.490 e. The Bertz CT molecular complexity index is 2620. The Morgan fingerprint density at radius 2 is 0.500 bits per heavy atom. The van der Waals surface area contributed by atoms with Crippen LogP contribution in [0.2, 0.25) is 0 Å². The van der Waals surface area contributed by atoms with Gasteiger partial charge < -0.3 is 18.9 Å². The molecule has 0 amide bonds. The van der Waals surface area contributed by atoms with Crippen LogP contribution in [0.4, 0.5) is 0 Å². The number of ether oxygens (including phenoxy) is 4. The lowest BCUT2D eigenvalue weighted by molar-refractivity contribution is 0.0979. The van der Waals surface area contributed by atoms with Crippen LogP contribution >= 0.6 is 0 Å². The molecule has 0 fully saturated rings. The number of benzene rings is 6. The van der Waals surface area contributed by atoms with Crippen LogP contribution < -0.4 is 18.9 Å². The molecule has 1 aliphatic carbocycles. The molecule has 7 rings (SSSR count). The quantitative estimate of drug-likeness (QED) is 0.0355. The lowest BCUT2D eigenvalue weighted by atomic mass is 9.81. The van der Waals surface area contributed by atoms with Crippen molar-refractivity contribution in [3.05, 3.63) is 119 Å². The standard InChI is InChI=1S/C74H100O6/c1-5-9-13-17-21-25-29-35-45-77-69-43-41-59(55-71(69)79-47-37-31-27-23-19-15-11-7-3)63-51-61-53-67-68(74(76)66-50-58-40-34-33-39-57(58)49-65(66)73(67)75)54-62(61)52-64(63)60-42-44-70(78-46-36-30-26-22-18-14-10-6-2)72(56-60)80-48-38-32-28-24-20-16-12-8-4/h33-34,39-44,49-56H,5-32,35-38,45-48H2,1-4H3. The Morgan fingerprint density at radius 1 is 0.250 bits per heavy atom. The molecule has 1 aliphatic rings. The Kier molecular flexibility index (Phi) is 27.3. The van der Waals surface area contributed by atoms with Crippen LogP contribution in [0, 0.1) is 0 Å². The van der Waals surface area contributed by atoms with Gasteiger partial charge >= 0.3 is 0 Å². The van der Waals surface area contributed by atoms with E-state index in [2.05, 4.69) is 76.2 Å². The fourth-order valence-electron chi connectivity index (χ4n) is 11.6. The summed E-state index contributed by atoms with van der Waals surface area (Å²) in [6.07, 6.45) is 39.6. The first-order chi connectivity index (χ1) is 39.4. The van der Waals surface area contributed by atoms with E-state index in [4.69, 9.17) is 18.9 Å². The number of hydrogen-bond acceptors (Lipinski definition) is 6. The maximum Gasteiger partial charge on any atom is 0.194 e. The largest absolute Gasteiger partial charge is 0.490 e. The predicted octanol–water partition coefficient (Wildman–Crippen LogP) is 22.2. The topological polar surface area (TPSA) is 71.1 Å². The molecule has 0 saturated carbocycles. The lowest BCUT2D eigenvalue weighted by Gasteiger charge is -2.21. The zero-order chi connectivity index (χ0) is 56.0. The highest BCUT2D eigenvalue weighted by Crippen LogP contribution is 2.44. The maximum atomic E-state index is 14.5. The van der Waals surface area contributed by atoms with Gasteiger partial charge in [-0.25, -0.2) is 0 Å². The highest BCUT2D eigenvalue weighted by Gasteiger charge is 2.31. The van der Waals surface area contributed by atoms with Crippen LogP contribution in [-0.4, -0.2) is 38.0 Å². The van der Waals surface area contributed by atoms with Crippen LogP contribution in [0.15, 0.2) is 97.1 Å². The first-order valence-corrected chi connectivity index (χ1v) is 32.5. The Balaban J connectivity index is 1.23. The van der Waals surface area contributed by atoms with Gasteiger partial charge in [0.15, 0.2) is 34.6 Å². The average Bonchev–Trinajstić information content (AvgIpc) is 3.68. The van der Waals surface area contributed by atoms with Crippen molar-refractivity contribution in [1.82, 2.24) is 0 Å². The van der Waals surface area contributed by atoms with Crippen LogP contribution in [-0.2, 0) is 0 Å². The molecular weight excluding hydrogens is 985 g/mol. The second kappa shape index (κ2) is 35.3. The fraction of sp³-hybridized carbons (Fsp3) is 0.541. The number of ketones is 2. The number of fused-ring (bicyclic) bond motifs is 4. The van der Waals surface area contributed by atoms with E-state index in [0.29, 0.717) is 48.7 Å². The number of hydrogen-bond donors (Lipinski definition) is 0. The van der Waals surface area contributed by atoms with Gasteiger partial charge in [0.2, 0.25) is 0 Å². The van der Waals surface area contributed by atoms with Gasteiger partial charge in [-0.05, 0) is 130 Å². The minimum absolute atomic E-state index is 0.122. The lowest BCUT2D eigenvalue weighted by Crippen LogP contribution is -2.21. The highest BCUT2D eigenvalue weighted by molar-refractivity contribution is 6.30. The van der Waals surface area contributed by atoms with Crippen LogP contribution in [0.3, 0.4) is 0 Å². The molecule has 432 valence electrons. The zero-order valence-electron chi connectivity index (χ0n) is 50.1. The summed E-state index contributed by atoms with van der Waals surface area (Å²) in [6, 6.07) is 32.8. The van der Waals surface area contributed by atoms with E-state index in [-0.39, 0.29) is 11.6 Å². The summed E-state index contributed by atoms with van der Waals surface area (Å²) in [5.41, 5.74) is 5.76. The van der Waals surface area contributed by atoms with E-state index in [9.17, 15) is 9.59 Å².